The quantitative estimate of drug-likeness (QED) is 0.566. The summed E-state index contributed by atoms with van der Waals surface area (Å²) >= 11 is 1.04. The highest BCUT2D eigenvalue weighted by Crippen LogP contribution is 2.17. The van der Waals surface area contributed by atoms with E-state index in [4.69, 9.17) is 10.00 Å². The van der Waals surface area contributed by atoms with E-state index in [1.54, 1.807) is 31.5 Å². The predicted octanol–water partition coefficient (Wildman–Crippen LogP) is -0.675. The van der Waals surface area contributed by atoms with Gasteiger partial charge in [0.15, 0.2) is 5.57 Å². The summed E-state index contributed by atoms with van der Waals surface area (Å²) < 4.78 is 7.34. The first kappa shape index (κ1) is 22.0. The van der Waals surface area contributed by atoms with E-state index in [1.807, 2.05) is 12.1 Å². The van der Waals surface area contributed by atoms with Crippen molar-refractivity contribution in [3.63, 3.8) is 0 Å². The van der Waals surface area contributed by atoms with Crippen molar-refractivity contribution in [3.05, 3.63) is 37.9 Å². The number of ether oxygens (including phenoxy) is 1. The van der Waals surface area contributed by atoms with Crippen LogP contribution < -0.4 is 30.3 Å². The minimum Gasteiger partial charge on any atom is -0.378 e. The van der Waals surface area contributed by atoms with Gasteiger partial charge in [-0.1, -0.05) is 0 Å². The number of nitrogens with one attached hydrogen (secondary N) is 2. The van der Waals surface area contributed by atoms with Crippen molar-refractivity contribution in [2.45, 2.75) is 13.5 Å². The fourth-order valence-electron chi connectivity index (χ4n) is 3.02. The molecular formula is C20H21N7O3S. The SMILES string of the molecule is CCn1c(=O)/c(=C\Nc2ccnc(N3CCOCC3)c2)s/c1=C(/C#N)C(=O)NCC#N. The number of hydrogen-bond acceptors (Lipinski definition) is 9. The highest BCUT2D eigenvalue weighted by Gasteiger charge is 2.15. The molecule has 0 spiro atoms. The van der Waals surface area contributed by atoms with Gasteiger partial charge in [0, 0.05) is 43.8 Å². The van der Waals surface area contributed by atoms with Gasteiger partial charge in [-0.15, -0.1) is 11.3 Å². The van der Waals surface area contributed by atoms with Gasteiger partial charge in [0.25, 0.3) is 11.5 Å². The van der Waals surface area contributed by atoms with Crippen LogP contribution in [0.2, 0.25) is 0 Å². The van der Waals surface area contributed by atoms with E-state index < -0.39 is 5.91 Å². The van der Waals surface area contributed by atoms with Crippen LogP contribution >= 0.6 is 11.3 Å². The molecule has 0 atom stereocenters. The van der Waals surface area contributed by atoms with E-state index in [0.29, 0.717) is 24.3 Å². The Balaban J connectivity index is 1.95. The third-order valence-electron chi connectivity index (χ3n) is 4.56. The molecule has 1 aliphatic rings. The van der Waals surface area contributed by atoms with Crippen LogP contribution in [0.1, 0.15) is 6.92 Å². The first-order valence-electron chi connectivity index (χ1n) is 9.63. The van der Waals surface area contributed by atoms with Gasteiger partial charge in [0.05, 0.1) is 19.3 Å². The number of amides is 1. The lowest BCUT2D eigenvalue weighted by Crippen LogP contribution is -2.36. The molecule has 0 radical (unpaired) electrons. The molecule has 1 amide bonds. The molecule has 3 heterocycles. The second kappa shape index (κ2) is 10.4. The molecule has 1 saturated heterocycles. The van der Waals surface area contributed by atoms with Crippen molar-refractivity contribution in [2.75, 3.05) is 43.1 Å². The Hall–Kier alpha value is -3.67. The van der Waals surface area contributed by atoms with Crippen LogP contribution in [0.5, 0.6) is 0 Å². The third kappa shape index (κ3) is 5.09. The number of pyridine rings is 1. The highest BCUT2D eigenvalue weighted by atomic mass is 32.1. The molecule has 0 aliphatic carbocycles. The number of anilines is 2. The number of rotatable bonds is 6. The molecule has 0 unspecified atom stereocenters. The van der Waals surface area contributed by atoms with E-state index >= 15 is 0 Å². The summed E-state index contributed by atoms with van der Waals surface area (Å²) in [6, 6.07) is 7.31. The molecule has 2 N–H and O–H groups in total. The zero-order valence-corrected chi connectivity index (χ0v) is 17.7. The fourth-order valence-corrected chi connectivity index (χ4v) is 4.11. The maximum Gasteiger partial charge on any atom is 0.270 e. The molecule has 1 fully saturated rings. The molecule has 31 heavy (non-hydrogen) atoms. The number of aromatic nitrogens is 2. The second-order valence-electron chi connectivity index (χ2n) is 6.44. The summed E-state index contributed by atoms with van der Waals surface area (Å²) in [6.45, 7) is 4.66. The van der Waals surface area contributed by atoms with Crippen molar-refractivity contribution in [1.29, 1.82) is 10.5 Å². The predicted molar refractivity (Wildman–Crippen MR) is 117 cm³/mol. The average molecular weight is 440 g/mol. The standard InChI is InChI=1S/C20H21N7O3S/c1-2-27-19(29)16(31-20(27)15(12-22)18(28)24-6-4-21)13-25-14-3-5-23-17(11-14)26-7-9-30-10-8-26/h3,5,11,13H,2,6-10H2,1H3,(H,23,25)(H,24,28)/b16-13+,20-15-. The second-order valence-corrected chi connectivity index (χ2v) is 7.47. The molecule has 160 valence electrons. The van der Waals surface area contributed by atoms with Crippen molar-refractivity contribution in [1.82, 2.24) is 14.9 Å². The molecule has 11 heteroatoms. The van der Waals surface area contributed by atoms with Crippen molar-refractivity contribution < 1.29 is 9.53 Å². The number of carbonyl (C=O) groups is 1. The summed E-state index contributed by atoms with van der Waals surface area (Å²) in [5.41, 5.74) is 0.251. The summed E-state index contributed by atoms with van der Waals surface area (Å²) in [5, 5.41) is 23.5. The van der Waals surface area contributed by atoms with E-state index in [2.05, 4.69) is 20.5 Å². The Kier molecular flexibility index (Phi) is 7.38. The molecule has 0 aromatic carbocycles. The Bertz CT molecular complexity index is 1210. The smallest absolute Gasteiger partial charge is 0.270 e. The molecule has 2 aromatic heterocycles. The van der Waals surface area contributed by atoms with Gasteiger partial charge in [-0.25, -0.2) is 4.98 Å². The van der Waals surface area contributed by atoms with E-state index in [9.17, 15) is 14.9 Å². The van der Waals surface area contributed by atoms with E-state index in [1.165, 1.54) is 4.57 Å². The number of carbonyl (C=O) groups excluding carboxylic acids is 1. The summed E-state index contributed by atoms with van der Waals surface area (Å²) in [7, 11) is 0. The van der Waals surface area contributed by atoms with E-state index in [-0.39, 0.29) is 22.3 Å². The average Bonchev–Trinajstić information content (AvgIpc) is 3.12. The zero-order chi connectivity index (χ0) is 22.2. The number of nitrogens with zero attached hydrogens (tertiary/aromatic N) is 5. The lowest BCUT2D eigenvalue weighted by atomic mass is 10.3. The van der Waals surface area contributed by atoms with Crippen LogP contribution in [0.3, 0.4) is 0 Å². The van der Waals surface area contributed by atoms with Gasteiger partial charge in [-0.3, -0.25) is 14.2 Å². The Morgan fingerprint density at radius 1 is 1.39 bits per heavy atom. The Labute approximate surface area is 182 Å². The van der Waals surface area contributed by atoms with Crippen LogP contribution in [0.25, 0.3) is 11.8 Å². The van der Waals surface area contributed by atoms with Crippen LogP contribution in [0, 0.1) is 22.7 Å². The number of morpholine rings is 1. The lowest BCUT2D eigenvalue weighted by molar-refractivity contribution is -0.115. The van der Waals surface area contributed by atoms with Crippen molar-refractivity contribution >= 4 is 40.5 Å². The van der Waals surface area contributed by atoms with Crippen LogP contribution in [0.15, 0.2) is 23.1 Å². The zero-order valence-electron chi connectivity index (χ0n) is 16.9. The van der Waals surface area contributed by atoms with Crippen LogP contribution in [-0.2, 0) is 16.1 Å². The minimum absolute atomic E-state index is 0.197. The lowest BCUT2D eigenvalue weighted by Gasteiger charge is -2.27. The van der Waals surface area contributed by atoms with Gasteiger partial charge in [0.1, 0.15) is 27.6 Å². The van der Waals surface area contributed by atoms with E-state index in [0.717, 1.165) is 35.9 Å². The topological polar surface area (TPSA) is 136 Å². The summed E-state index contributed by atoms with van der Waals surface area (Å²) in [6.07, 6.45) is 3.25. The number of nitriles is 2. The van der Waals surface area contributed by atoms with Crippen LogP contribution in [0.4, 0.5) is 11.5 Å². The largest absolute Gasteiger partial charge is 0.378 e. The normalized spacial score (nSPS) is 15.1. The number of thiazole rings is 1. The van der Waals surface area contributed by atoms with Gasteiger partial charge in [0.2, 0.25) is 0 Å². The highest BCUT2D eigenvalue weighted by molar-refractivity contribution is 7.07. The fraction of sp³-hybridized carbons (Fsp3) is 0.350. The third-order valence-corrected chi connectivity index (χ3v) is 5.69. The van der Waals surface area contributed by atoms with Gasteiger partial charge < -0.3 is 20.3 Å². The van der Waals surface area contributed by atoms with Gasteiger partial charge in [-0.2, -0.15) is 10.5 Å². The molecule has 0 bridgehead atoms. The molecule has 0 saturated carbocycles. The van der Waals surface area contributed by atoms with Crippen molar-refractivity contribution in [2.24, 2.45) is 0 Å². The summed E-state index contributed by atoms with van der Waals surface area (Å²) in [5.74, 6) is 0.130. The minimum atomic E-state index is -0.684. The Morgan fingerprint density at radius 3 is 2.84 bits per heavy atom. The van der Waals surface area contributed by atoms with Crippen LogP contribution in [-0.4, -0.2) is 48.3 Å². The first-order valence-corrected chi connectivity index (χ1v) is 10.4. The monoisotopic (exact) mass is 439 g/mol. The van der Waals surface area contributed by atoms with Crippen molar-refractivity contribution in [3.8, 4) is 12.1 Å². The Morgan fingerprint density at radius 2 is 2.16 bits per heavy atom. The first-order chi connectivity index (χ1) is 15.1. The van der Waals surface area contributed by atoms with Gasteiger partial charge in [-0.05, 0) is 13.0 Å². The maximum absolute atomic E-state index is 12.8. The summed E-state index contributed by atoms with van der Waals surface area (Å²) in [4.78, 5) is 31.5. The molecule has 1 aliphatic heterocycles. The molecule has 10 nitrogen and oxygen atoms in total. The maximum atomic E-state index is 12.8. The molecule has 2 aromatic rings. The molecule has 3 rings (SSSR count). The number of hydrogen-bond donors (Lipinski definition) is 2. The van der Waals surface area contributed by atoms with Gasteiger partial charge >= 0.3 is 0 Å². The molecular weight excluding hydrogens is 418 g/mol.